The molecule has 1 aliphatic rings. The van der Waals surface area contributed by atoms with Crippen LogP contribution in [0.15, 0.2) is 42.7 Å². The van der Waals surface area contributed by atoms with E-state index < -0.39 is 0 Å². The number of nitrogens with zero attached hydrogens (tertiary/aromatic N) is 3. The van der Waals surface area contributed by atoms with Crippen LogP contribution in [0.5, 0.6) is 0 Å². The van der Waals surface area contributed by atoms with E-state index in [2.05, 4.69) is 9.97 Å². The lowest BCUT2D eigenvalue weighted by Gasteiger charge is -2.32. The summed E-state index contributed by atoms with van der Waals surface area (Å²) in [4.78, 5) is 22.6. The van der Waals surface area contributed by atoms with E-state index in [1.807, 2.05) is 29.2 Å². The molecule has 1 unspecified atom stereocenters. The monoisotopic (exact) mass is 326 g/mol. The standard InChI is InChI=1S/C18H22N4O2/c19-17-5-2-4-15(21-17)16-13-22(11-12-24-16)18(23)6-1-3-14-7-9-20-10-8-14/h2,4-5,7-10,16H,1,3,6,11-13H2,(H2,19,21). The molecule has 6 nitrogen and oxygen atoms in total. The Labute approximate surface area is 141 Å². The molecule has 24 heavy (non-hydrogen) atoms. The maximum atomic E-state index is 12.4. The van der Waals surface area contributed by atoms with Gasteiger partial charge in [-0.25, -0.2) is 4.98 Å². The Morgan fingerprint density at radius 3 is 2.92 bits per heavy atom. The van der Waals surface area contributed by atoms with Crippen molar-refractivity contribution < 1.29 is 9.53 Å². The fourth-order valence-electron chi connectivity index (χ4n) is 2.85. The highest BCUT2D eigenvalue weighted by molar-refractivity contribution is 5.76. The second-order valence-corrected chi connectivity index (χ2v) is 5.90. The van der Waals surface area contributed by atoms with Crippen LogP contribution in [0.1, 0.15) is 30.2 Å². The van der Waals surface area contributed by atoms with Crippen LogP contribution in [0.4, 0.5) is 5.82 Å². The highest BCUT2D eigenvalue weighted by Gasteiger charge is 2.25. The predicted molar refractivity (Wildman–Crippen MR) is 91.1 cm³/mol. The Kier molecular flexibility index (Phi) is 5.38. The van der Waals surface area contributed by atoms with Crippen molar-refractivity contribution in [3.8, 4) is 0 Å². The molecule has 2 aromatic heterocycles. The zero-order valence-corrected chi connectivity index (χ0v) is 13.6. The maximum absolute atomic E-state index is 12.4. The molecule has 1 saturated heterocycles. The van der Waals surface area contributed by atoms with Crippen LogP contribution >= 0.6 is 0 Å². The summed E-state index contributed by atoms with van der Waals surface area (Å²) in [6.45, 7) is 1.69. The average Bonchev–Trinajstić information content (AvgIpc) is 2.63. The fraction of sp³-hybridized carbons (Fsp3) is 0.389. The van der Waals surface area contributed by atoms with Crippen molar-refractivity contribution in [2.24, 2.45) is 0 Å². The van der Waals surface area contributed by atoms with Gasteiger partial charge < -0.3 is 15.4 Å². The highest BCUT2D eigenvalue weighted by atomic mass is 16.5. The third-order valence-electron chi connectivity index (χ3n) is 4.15. The van der Waals surface area contributed by atoms with E-state index in [1.165, 1.54) is 5.56 Å². The number of pyridine rings is 2. The number of nitrogens with two attached hydrogens (primary N) is 1. The van der Waals surface area contributed by atoms with Gasteiger partial charge in [0.15, 0.2) is 0 Å². The first-order valence-electron chi connectivity index (χ1n) is 8.23. The maximum Gasteiger partial charge on any atom is 0.222 e. The smallest absolute Gasteiger partial charge is 0.222 e. The van der Waals surface area contributed by atoms with Crippen LogP contribution in [0, 0.1) is 0 Å². The normalized spacial score (nSPS) is 17.7. The van der Waals surface area contributed by atoms with Crippen LogP contribution in [-0.4, -0.2) is 40.5 Å². The van der Waals surface area contributed by atoms with Crippen LogP contribution in [-0.2, 0) is 16.0 Å². The van der Waals surface area contributed by atoms with Gasteiger partial charge in [0.1, 0.15) is 11.9 Å². The Balaban J connectivity index is 1.51. The number of amides is 1. The molecule has 3 heterocycles. The number of hydrogen-bond acceptors (Lipinski definition) is 5. The van der Waals surface area contributed by atoms with Gasteiger partial charge in [0.2, 0.25) is 5.91 Å². The van der Waals surface area contributed by atoms with Gasteiger partial charge in [0.05, 0.1) is 18.8 Å². The van der Waals surface area contributed by atoms with Crippen molar-refractivity contribution in [3.63, 3.8) is 0 Å². The van der Waals surface area contributed by atoms with E-state index in [9.17, 15) is 4.79 Å². The lowest BCUT2D eigenvalue weighted by Crippen LogP contribution is -2.42. The van der Waals surface area contributed by atoms with Crippen molar-refractivity contribution in [1.82, 2.24) is 14.9 Å². The molecule has 1 atom stereocenters. The van der Waals surface area contributed by atoms with Crippen LogP contribution in [0.2, 0.25) is 0 Å². The van der Waals surface area contributed by atoms with Crippen LogP contribution in [0.3, 0.4) is 0 Å². The highest BCUT2D eigenvalue weighted by Crippen LogP contribution is 2.22. The lowest BCUT2D eigenvalue weighted by molar-refractivity contribution is -0.139. The number of morpholine rings is 1. The minimum absolute atomic E-state index is 0.168. The molecular formula is C18H22N4O2. The first kappa shape index (κ1) is 16.4. The summed E-state index contributed by atoms with van der Waals surface area (Å²) in [6.07, 6.45) is 5.62. The minimum Gasteiger partial charge on any atom is -0.384 e. The summed E-state index contributed by atoms with van der Waals surface area (Å²) >= 11 is 0. The molecular weight excluding hydrogens is 304 g/mol. The number of rotatable bonds is 5. The molecule has 1 amide bonds. The molecule has 126 valence electrons. The zero-order valence-electron chi connectivity index (χ0n) is 13.6. The largest absolute Gasteiger partial charge is 0.384 e. The van der Waals surface area contributed by atoms with Crippen molar-refractivity contribution in [2.75, 3.05) is 25.4 Å². The second kappa shape index (κ2) is 7.88. The van der Waals surface area contributed by atoms with Crippen molar-refractivity contribution >= 4 is 11.7 Å². The summed E-state index contributed by atoms with van der Waals surface area (Å²) in [5, 5.41) is 0. The molecule has 0 bridgehead atoms. The van der Waals surface area contributed by atoms with E-state index in [1.54, 1.807) is 18.5 Å². The predicted octanol–water partition coefficient (Wildman–Crippen LogP) is 1.98. The van der Waals surface area contributed by atoms with Gasteiger partial charge in [0, 0.05) is 25.4 Å². The van der Waals surface area contributed by atoms with E-state index >= 15 is 0 Å². The van der Waals surface area contributed by atoms with Crippen LogP contribution < -0.4 is 5.73 Å². The molecule has 6 heteroatoms. The number of aromatic nitrogens is 2. The molecule has 0 radical (unpaired) electrons. The molecule has 3 rings (SSSR count). The van der Waals surface area contributed by atoms with E-state index in [0.717, 1.165) is 18.5 Å². The number of nitrogen functional groups attached to an aromatic ring is 1. The first-order valence-corrected chi connectivity index (χ1v) is 8.23. The van der Waals surface area contributed by atoms with Gasteiger partial charge in [-0.3, -0.25) is 9.78 Å². The molecule has 2 aromatic rings. The molecule has 0 aromatic carbocycles. The van der Waals surface area contributed by atoms with E-state index in [4.69, 9.17) is 10.5 Å². The van der Waals surface area contributed by atoms with Crippen molar-refractivity contribution in [3.05, 3.63) is 54.0 Å². The van der Waals surface area contributed by atoms with Crippen molar-refractivity contribution in [2.45, 2.75) is 25.4 Å². The molecule has 0 aliphatic carbocycles. The van der Waals surface area contributed by atoms with Gasteiger partial charge in [-0.05, 0) is 42.7 Å². The number of aryl methyl sites for hydroxylation is 1. The number of carbonyl (C=O) groups is 1. The Hall–Kier alpha value is -2.47. The first-order chi connectivity index (χ1) is 11.7. The third kappa shape index (κ3) is 4.29. The van der Waals surface area contributed by atoms with E-state index in [0.29, 0.717) is 31.9 Å². The summed E-state index contributed by atoms with van der Waals surface area (Å²) < 4.78 is 5.75. The van der Waals surface area contributed by atoms with Gasteiger partial charge in [-0.15, -0.1) is 0 Å². The minimum atomic E-state index is -0.202. The molecule has 0 spiro atoms. The third-order valence-corrected chi connectivity index (χ3v) is 4.15. The molecule has 2 N–H and O–H groups in total. The Morgan fingerprint density at radius 1 is 1.29 bits per heavy atom. The molecule has 0 saturated carbocycles. The second-order valence-electron chi connectivity index (χ2n) is 5.90. The number of carbonyl (C=O) groups excluding carboxylic acids is 1. The SMILES string of the molecule is Nc1cccc(C2CN(C(=O)CCCc3ccncc3)CCO2)n1. The average molecular weight is 326 g/mol. The number of anilines is 1. The van der Waals surface area contributed by atoms with E-state index in [-0.39, 0.29) is 12.0 Å². The fourth-order valence-corrected chi connectivity index (χ4v) is 2.85. The molecule has 1 fully saturated rings. The topological polar surface area (TPSA) is 81.3 Å². The quantitative estimate of drug-likeness (QED) is 0.908. The van der Waals surface area contributed by atoms with Crippen LogP contribution in [0.25, 0.3) is 0 Å². The summed E-state index contributed by atoms with van der Waals surface area (Å²) in [6, 6.07) is 9.46. The summed E-state index contributed by atoms with van der Waals surface area (Å²) in [5.41, 5.74) is 7.72. The van der Waals surface area contributed by atoms with Crippen molar-refractivity contribution in [1.29, 1.82) is 0 Å². The van der Waals surface area contributed by atoms with Gasteiger partial charge in [-0.2, -0.15) is 0 Å². The Bertz CT molecular complexity index is 678. The summed E-state index contributed by atoms with van der Waals surface area (Å²) in [7, 11) is 0. The van der Waals surface area contributed by atoms with Gasteiger partial charge >= 0.3 is 0 Å². The number of hydrogen-bond donors (Lipinski definition) is 1. The lowest BCUT2D eigenvalue weighted by atomic mass is 10.1. The zero-order chi connectivity index (χ0) is 16.8. The van der Waals surface area contributed by atoms with Gasteiger partial charge in [-0.1, -0.05) is 6.07 Å². The summed E-state index contributed by atoms with van der Waals surface area (Å²) in [5.74, 6) is 0.637. The van der Waals surface area contributed by atoms with Gasteiger partial charge in [0.25, 0.3) is 0 Å². The number of ether oxygens (including phenoxy) is 1. The molecule has 1 aliphatic heterocycles. The Morgan fingerprint density at radius 2 is 2.12 bits per heavy atom.